The highest BCUT2D eigenvalue weighted by molar-refractivity contribution is 5.79. The summed E-state index contributed by atoms with van der Waals surface area (Å²) < 4.78 is 17.2. The number of nitrogens with two attached hydrogens (primary N) is 4. The van der Waals surface area contributed by atoms with E-state index < -0.39 is 54.7 Å². The van der Waals surface area contributed by atoms with Crippen LogP contribution in [0.15, 0.2) is 4.99 Å². The van der Waals surface area contributed by atoms with Gasteiger partial charge >= 0.3 is 0 Å². The second-order valence-corrected chi connectivity index (χ2v) is 7.99. The number of aliphatic hydroxyl groups excluding tert-OH is 2. The number of amides is 1. The largest absolute Gasteiger partial charge is 0.390 e. The number of hydrogen-bond donors (Lipinski definition) is 6. The molecule has 2 rings (SSSR count). The molecule has 1 saturated heterocycles. The van der Waals surface area contributed by atoms with Crippen LogP contribution in [0.1, 0.15) is 19.8 Å². The molecule has 10 atom stereocenters. The average Bonchev–Trinajstić information content (AvgIpc) is 2.72. The molecule has 0 aromatic rings. The molecule has 0 bridgehead atoms. The second-order valence-electron chi connectivity index (χ2n) is 7.99. The molecule has 10 N–H and O–H groups in total. The van der Waals surface area contributed by atoms with Crippen LogP contribution in [-0.4, -0.2) is 109 Å². The van der Waals surface area contributed by atoms with E-state index >= 15 is 0 Å². The molecule has 1 aliphatic heterocycles. The van der Waals surface area contributed by atoms with Crippen molar-refractivity contribution in [3.8, 4) is 0 Å². The predicted octanol–water partition coefficient (Wildman–Crippen LogP) is -3.56. The third-order valence-electron chi connectivity index (χ3n) is 5.90. The van der Waals surface area contributed by atoms with Crippen molar-refractivity contribution in [1.29, 1.82) is 0 Å². The minimum Gasteiger partial charge on any atom is -0.390 e. The van der Waals surface area contributed by atoms with Gasteiger partial charge in [0.25, 0.3) is 0 Å². The van der Waals surface area contributed by atoms with E-state index in [1.54, 1.807) is 0 Å². The summed E-state index contributed by atoms with van der Waals surface area (Å²) in [5, 5.41) is 21.8. The van der Waals surface area contributed by atoms with Crippen LogP contribution in [0.3, 0.4) is 0 Å². The van der Waals surface area contributed by atoms with Crippen molar-refractivity contribution in [2.45, 2.75) is 80.7 Å². The van der Waals surface area contributed by atoms with E-state index in [1.165, 1.54) is 19.1 Å². The Morgan fingerprint density at radius 2 is 1.97 bits per heavy atom. The topological polar surface area (TPSA) is 205 Å². The summed E-state index contributed by atoms with van der Waals surface area (Å²) in [5.41, 5.74) is 23.5. The number of carbonyl (C=O) groups is 1. The number of hydrogen-bond acceptors (Lipinski definition) is 10. The number of ether oxygens (including phenoxy) is 3. The van der Waals surface area contributed by atoms with Gasteiger partial charge in [-0.05, 0) is 19.8 Å². The lowest BCUT2D eigenvalue weighted by Gasteiger charge is -2.50. The van der Waals surface area contributed by atoms with E-state index in [2.05, 4.69) is 4.99 Å². The Morgan fingerprint density at radius 1 is 1.30 bits per heavy atom. The summed E-state index contributed by atoms with van der Waals surface area (Å²) >= 11 is 0. The SMILES string of the molecule is COC1C(O)C(N)C(OC2OC(C(C)N)CCC2N)C(O)C1N(C)C(=O)CN=CN. The number of likely N-dealkylation sites (N-methyl/N-ethyl adjacent to an activating group) is 1. The number of rotatable bonds is 7. The summed E-state index contributed by atoms with van der Waals surface area (Å²) in [7, 11) is 2.84. The highest BCUT2D eigenvalue weighted by Gasteiger charge is 2.53. The van der Waals surface area contributed by atoms with E-state index in [1.807, 2.05) is 6.92 Å². The Morgan fingerprint density at radius 3 is 2.53 bits per heavy atom. The Balaban J connectivity index is 2.23. The highest BCUT2D eigenvalue weighted by Crippen LogP contribution is 2.31. The van der Waals surface area contributed by atoms with Crippen LogP contribution in [-0.2, 0) is 19.0 Å². The summed E-state index contributed by atoms with van der Waals surface area (Å²) in [6, 6.07) is -2.62. The van der Waals surface area contributed by atoms with Gasteiger partial charge in [-0.3, -0.25) is 9.79 Å². The van der Waals surface area contributed by atoms with E-state index in [9.17, 15) is 15.0 Å². The lowest BCUT2D eigenvalue weighted by atomic mass is 9.80. The van der Waals surface area contributed by atoms with Crippen molar-refractivity contribution >= 4 is 12.2 Å². The maximum absolute atomic E-state index is 12.4. The van der Waals surface area contributed by atoms with Crippen molar-refractivity contribution < 1.29 is 29.2 Å². The molecule has 2 aliphatic rings. The van der Waals surface area contributed by atoms with Crippen LogP contribution in [0.4, 0.5) is 0 Å². The fourth-order valence-electron chi connectivity index (χ4n) is 4.05. The number of aliphatic hydroxyl groups is 2. The molecule has 0 radical (unpaired) electrons. The minimum atomic E-state index is -1.28. The Kier molecular flexibility index (Phi) is 8.94. The molecule has 12 nitrogen and oxygen atoms in total. The molecule has 1 saturated carbocycles. The van der Waals surface area contributed by atoms with Gasteiger partial charge in [-0.1, -0.05) is 0 Å². The Bertz CT molecular complexity index is 596. The fourth-order valence-corrected chi connectivity index (χ4v) is 4.05. The van der Waals surface area contributed by atoms with Gasteiger partial charge < -0.3 is 52.3 Å². The van der Waals surface area contributed by atoms with Crippen LogP contribution in [0.5, 0.6) is 0 Å². The third kappa shape index (κ3) is 5.26. The van der Waals surface area contributed by atoms with Gasteiger partial charge in [-0.15, -0.1) is 0 Å². The zero-order chi connectivity index (χ0) is 22.6. The number of nitrogens with zero attached hydrogens (tertiary/aromatic N) is 2. The molecule has 0 spiro atoms. The predicted molar refractivity (Wildman–Crippen MR) is 109 cm³/mol. The zero-order valence-electron chi connectivity index (χ0n) is 17.7. The molecule has 12 heteroatoms. The Hall–Kier alpha value is -1.38. The molecule has 1 amide bonds. The van der Waals surface area contributed by atoms with Gasteiger partial charge in [0.2, 0.25) is 5.91 Å². The van der Waals surface area contributed by atoms with Gasteiger partial charge in [0.05, 0.1) is 36.7 Å². The summed E-state index contributed by atoms with van der Waals surface area (Å²) in [6.07, 6.45) is -3.29. The molecule has 0 aromatic carbocycles. The quantitative estimate of drug-likeness (QED) is 0.172. The molecule has 174 valence electrons. The number of carbonyl (C=O) groups excluding carboxylic acids is 1. The van der Waals surface area contributed by atoms with Gasteiger partial charge in [0, 0.05) is 20.2 Å². The molecule has 1 aliphatic carbocycles. The minimum absolute atomic E-state index is 0.215. The normalized spacial score (nSPS) is 41.0. The summed E-state index contributed by atoms with van der Waals surface area (Å²) in [4.78, 5) is 17.4. The lowest BCUT2D eigenvalue weighted by Crippen LogP contribution is -2.72. The van der Waals surface area contributed by atoms with Crippen LogP contribution in [0.2, 0.25) is 0 Å². The van der Waals surface area contributed by atoms with Gasteiger partial charge in [-0.2, -0.15) is 0 Å². The van der Waals surface area contributed by atoms with Gasteiger partial charge in [0.1, 0.15) is 24.9 Å². The first-order chi connectivity index (χ1) is 14.1. The van der Waals surface area contributed by atoms with E-state index in [0.29, 0.717) is 12.8 Å². The first-order valence-corrected chi connectivity index (χ1v) is 10.1. The number of methoxy groups -OCH3 is 1. The molecular formula is C18H36N6O6. The van der Waals surface area contributed by atoms with Crippen LogP contribution in [0, 0.1) is 0 Å². The lowest BCUT2D eigenvalue weighted by molar-refractivity contribution is -0.267. The van der Waals surface area contributed by atoms with E-state index in [-0.39, 0.29) is 18.7 Å². The Labute approximate surface area is 176 Å². The van der Waals surface area contributed by atoms with Crippen LogP contribution in [0.25, 0.3) is 0 Å². The zero-order valence-corrected chi connectivity index (χ0v) is 17.7. The molecule has 1 heterocycles. The molecule has 10 unspecified atom stereocenters. The monoisotopic (exact) mass is 432 g/mol. The number of aliphatic imine (C=N–C) groups is 1. The van der Waals surface area contributed by atoms with Crippen molar-refractivity contribution in [2.24, 2.45) is 27.9 Å². The molecule has 30 heavy (non-hydrogen) atoms. The second kappa shape index (κ2) is 10.8. The van der Waals surface area contributed by atoms with Gasteiger partial charge in [-0.25, -0.2) is 0 Å². The van der Waals surface area contributed by atoms with Gasteiger partial charge in [0.15, 0.2) is 6.29 Å². The van der Waals surface area contributed by atoms with Crippen molar-refractivity contribution in [2.75, 3.05) is 20.7 Å². The summed E-state index contributed by atoms with van der Waals surface area (Å²) in [6.45, 7) is 1.61. The molecule has 0 aromatic heterocycles. The highest BCUT2D eigenvalue weighted by atomic mass is 16.7. The fraction of sp³-hybridized carbons (Fsp3) is 0.889. The van der Waals surface area contributed by atoms with Crippen molar-refractivity contribution in [3.63, 3.8) is 0 Å². The third-order valence-corrected chi connectivity index (χ3v) is 5.90. The first kappa shape index (κ1) is 24.9. The standard InChI is InChI=1S/C18H36N6O6/c1-8(20)10-5-4-9(21)18(29-10)30-16-12(22)14(26)17(28-3)13(15(16)27)24(2)11(25)6-23-7-19/h7-10,12-18,26-27H,4-6,20-22H2,1-3H3,(H2,19,23). The molecular weight excluding hydrogens is 396 g/mol. The molecule has 2 fully saturated rings. The smallest absolute Gasteiger partial charge is 0.244 e. The average molecular weight is 433 g/mol. The van der Waals surface area contributed by atoms with E-state index in [4.69, 9.17) is 37.1 Å². The maximum Gasteiger partial charge on any atom is 0.244 e. The van der Waals surface area contributed by atoms with Crippen LogP contribution >= 0.6 is 0 Å². The first-order valence-electron chi connectivity index (χ1n) is 10.1. The van der Waals surface area contributed by atoms with E-state index in [0.717, 1.165) is 6.34 Å². The summed E-state index contributed by atoms with van der Waals surface area (Å²) in [5.74, 6) is -0.424. The van der Waals surface area contributed by atoms with Crippen molar-refractivity contribution in [3.05, 3.63) is 0 Å². The maximum atomic E-state index is 12.4. The van der Waals surface area contributed by atoms with Crippen LogP contribution < -0.4 is 22.9 Å². The van der Waals surface area contributed by atoms with Crippen molar-refractivity contribution in [1.82, 2.24) is 4.90 Å².